The molecule has 24 heavy (non-hydrogen) atoms. The number of nitrogens with one attached hydrogen (secondary N) is 1. The molecule has 0 saturated carbocycles. The summed E-state index contributed by atoms with van der Waals surface area (Å²) < 4.78 is 0. The number of aliphatic hydroxyl groups excluding tert-OH is 2. The van der Waals surface area contributed by atoms with E-state index in [1.54, 1.807) is 13.8 Å². The summed E-state index contributed by atoms with van der Waals surface area (Å²) in [6, 6.07) is 0. The van der Waals surface area contributed by atoms with Crippen LogP contribution in [0.5, 0.6) is 0 Å². The van der Waals surface area contributed by atoms with Crippen molar-refractivity contribution in [2.45, 2.75) is 58.3 Å². The van der Waals surface area contributed by atoms with Gasteiger partial charge in [-0.15, -0.1) is 0 Å². The molecule has 1 amide bonds. The van der Waals surface area contributed by atoms with Crippen LogP contribution >= 0.6 is 11.8 Å². The van der Waals surface area contributed by atoms with Crippen LogP contribution in [0, 0.1) is 17.8 Å². The van der Waals surface area contributed by atoms with Gasteiger partial charge < -0.3 is 20.6 Å². The molecule has 1 aliphatic heterocycles. The van der Waals surface area contributed by atoms with Crippen LogP contribution in [0.3, 0.4) is 0 Å². The minimum Gasteiger partial charge on any atom is -0.481 e. The van der Waals surface area contributed by atoms with Crippen molar-refractivity contribution in [3.05, 3.63) is 0 Å². The van der Waals surface area contributed by atoms with E-state index in [2.05, 4.69) is 5.32 Å². The van der Waals surface area contributed by atoms with Gasteiger partial charge in [0.1, 0.15) is 0 Å². The zero-order chi connectivity index (χ0) is 18.7. The van der Waals surface area contributed by atoms with Crippen LogP contribution in [-0.4, -0.2) is 55.8 Å². The van der Waals surface area contributed by atoms with Gasteiger partial charge in [-0.1, -0.05) is 45.9 Å². The number of hydrogen-bond acceptors (Lipinski definition) is 6. The Morgan fingerprint density at radius 2 is 1.92 bits per heavy atom. The van der Waals surface area contributed by atoms with Crippen LogP contribution in [0.2, 0.25) is 0 Å². The van der Waals surface area contributed by atoms with Gasteiger partial charge in [-0.2, -0.15) is 0 Å². The van der Waals surface area contributed by atoms with E-state index in [0.717, 1.165) is 11.8 Å². The maximum absolute atomic E-state index is 12.8. The van der Waals surface area contributed by atoms with Gasteiger partial charge in [-0.25, -0.2) is 0 Å². The maximum atomic E-state index is 12.8. The smallest absolute Gasteiger partial charge is 0.307 e. The van der Waals surface area contributed by atoms with Crippen LogP contribution < -0.4 is 5.32 Å². The van der Waals surface area contributed by atoms with E-state index in [9.17, 15) is 24.6 Å². The molecule has 0 aromatic carbocycles. The Kier molecular flexibility index (Phi) is 7.25. The highest BCUT2D eigenvalue weighted by Crippen LogP contribution is 2.38. The first-order chi connectivity index (χ1) is 11.1. The topological polar surface area (TPSA) is 124 Å². The number of thioether (sulfide) groups is 1. The van der Waals surface area contributed by atoms with Crippen molar-refractivity contribution in [1.82, 2.24) is 5.32 Å². The number of carbonyl (C=O) groups excluding carboxylic acids is 2. The number of carbonyl (C=O) groups is 3. The molecule has 0 radical (unpaired) electrons. The first-order valence-corrected chi connectivity index (χ1v) is 9.16. The van der Waals surface area contributed by atoms with Gasteiger partial charge in [0.25, 0.3) is 0 Å². The van der Waals surface area contributed by atoms with Gasteiger partial charge in [0.05, 0.1) is 24.0 Å². The number of rotatable bonds is 8. The average Bonchev–Trinajstić information content (AvgIpc) is 2.77. The lowest BCUT2D eigenvalue weighted by molar-refractivity contribution is -0.140. The summed E-state index contributed by atoms with van der Waals surface area (Å²) in [6.07, 6.45) is -1.55. The van der Waals surface area contributed by atoms with Crippen LogP contribution in [0.4, 0.5) is 0 Å². The number of aliphatic carboxylic acids is 1. The SMILES string of the molecule is CCCC1C(=O)NC(C(=O)SCC(C)C(=O)O)(C(O)C(C)C)C1O. The molecular weight excluding hydrogens is 334 g/mol. The minimum absolute atomic E-state index is 0.00175. The Morgan fingerprint density at radius 3 is 2.38 bits per heavy atom. The number of hydrogen-bond donors (Lipinski definition) is 4. The standard InChI is InChI=1S/C16H27NO6S/c1-5-6-10-12(19)16(17-13(10)20,11(18)8(2)3)15(23)24-7-9(4)14(21)22/h8-12,18-19H,5-7H2,1-4H3,(H,17,20)(H,21,22). The average molecular weight is 361 g/mol. The zero-order valence-electron chi connectivity index (χ0n) is 14.5. The normalized spacial score (nSPS) is 29.4. The molecule has 0 aliphatic carbocycles. The largest absolute Gasteiger partial charge is 0.481 e. The Labute approximate surface area is 146 Å². The summed E-state index contributed by atoms with van der Waals surface area (Å²) >= 11 is 0.726. The summed E-state index contributed by atoms with van der Waals surface area (Å²) in [5.41, 5.74) is -1.80. The summed E-state index contributed by atoms with van der Waals surface area (Å²) in [7, 11) is 0. The molecule has 1 heterocycles. The van der Waals surface area contributed by atoms with Crippen molar-refractivity contribution in [2.24, 2.45) is 17.8 Å². The van der Waals surface area contributed by atoms with Crippen molar-refractivity contribution >= 4 is 28.8 Å². The molecule has 4 N–H and O–H groups in total. The second-order valence-corrected chi connectivity index (χ2v) is 7.72. The fraction of sp³-hybridized carbons (Fsp3) is 0.812. The molecular formula is C16H27NO6S. The highest BCUT2D eigenvalue weighted by Gasteiger charge is 2.61. The van der Waals surface area contributed by atoms with Crippen molar-refractivity contribution in [2.75, 3.05) is 5.75 Å². The van der Waals surface area contributed by atoms with E-state index in [1.165, 1.54) is 6.92 Å². The Morgan fingerprint density at radius 1 is 1.33 bits per heavy atom. The maximum Gasteiger partial charge on any atom is 0.307 e. The molecule has 1 aliphatic rings. The third-order valence-corrected chi connectivity index (χ3v) is 5.70. The lowest BCUT2D eigenvalue weighted by Crippen LogP contribution is -2.64. The van der Waals surface area contributed by atoms with E-state index < -0.39 is 46.6 Å². The molecule has 1 saturated heterocycles. The predicted octanol–water partition coefficient (Wildman–Crippen LogP) is 0.630. The third-order valence-electron chi connectivity index (χ3n) is 4.44. The third kappa shape index (κ3) is 3.92. The molecule has 1 fully saturated rings. The number of amides is 1. The van der Waals surface area contributed by atoms with E-state index in [0.29, 0.717) is 12.8 Å². The molecule has 0 aromatic rings. The fourth-order valence-corrected chi connectivity index (χ4v) is 3.97. The Hall–Kier alpha value is -1.12. The molecule has 5 unspecified atom stereocenters. The molecule has 1 rings (SSSR count). The molecule has 8 heteroatoms. The lowest BCUT2D eigenvalue weighted by Gasteiger charge is -2.37. The lowest BCUT2D eigenvalue weighted by atomic mass is 9.79. The van der Waals surface area contributed by atoms with Gasteiger partial charge in [-0.3, -0.25) is 14.4 Å². The zero-order valence-corrected chi connectivity index (χ0v) is 15.3. The highest BCUT2D eigenvalue weighted by molar-refractivity contribution is 8.13. The quantitative estimate of drug-likeness (QED) is 0.500. The Balaban J connectivity index is 3.10. The van der Waals surface area contributed by atoms with E-state index in [-0.39, 0.29) is 11.7 Å². The number of carboxylic acids is 1. The van der Waals surface area contributed by atoms with Crippen LogP contribution in [-0.2, 0) is 14.4 Å². The summed E-state index contributed by atoms with van der Waals surface area (Å²) in [5.74, 6) is -3.38. The van der Waals surface area contributed by atoms with E-state index in [4.69, 9.17) is 5.11 Å². The first-order valence-electron chi connectivity index (χ1n) is 8.17. The van der Waals surface area contributed by atoms with Gasteiger partial charge in [-0.05, 0) is 12.3 Å². The van der Waals surface area contributed by atoms with Crippen molar-refractivity contribution in [3.63, 3.8) is 0 Å². The second kappa shape index (κ2) is 8.31. The monoisotopic (exact) mass is 361 g/mol. The molecule has 0 aromatic heterocycles. The molecule has 0 bridgehead atoms. The van der Waals surface area contributed by atoms with E-state index >= 15 is 0 Å². The molecule has 5 atom stereocenters. The molecule has 138 valence electrons. The van der Waals surface area contributed by atoms with Crippen molar-refractivity contribution < 1.29 is 29.7 Å². The predicted molar refractivity (Wildman–Crippen MR) is 90.4 cm³/mol. The van der Waals surface area contributed by atoms with Gasteiger partial charge in [0.2, 0.25) is 11.0 Å². The highest BCUT2D eigenvalue weighted by atomic mass is 32.2. The van der Waals surface area contributed by atoms with Crippen molar-refractivity contribution in [1.29, 1.82) is 0 Å². The first kappa shape index (κ1) is 20.9. The summed E-state index contributed by atoms with van der Waals surface area (Å²) in [6.45, 7) is 6.72. The minimum atomic E-state index is -1.80. The van der Waals surface area contributed by atoms with Crippen LogP contribution in [0.15, 0.2) is 0 Å². The van der Waals surface area contributed by atoms with Crippen molar-refractivity contribution in [3.8, 4) is 0 Å². The number of carboxylic acid groups (broad SMARTS) is 1. The summed E-state index contributed by atoms with van der Waals surface area (Å²) in [4.78, 5) is 35.9. The number of aliphatic hydroxyl groups is 2. The summed E-state index contributed by atoms with van der Waals surface area (Å²) in [5, 5.41) is 32.1. The van der Waals surface area contributed by atoms with E-state index in [1.807, 2.05) is 6.92 Å². The second-order valence-electron chi connectivity index (χ2n) is 6.72. The van der Waals surface area contributed by atoms with Gasteiger partial charge in [0, 0.05) is 5.75 Å². The fourth-order valence-electron chi connectivity index (χ4n) is 2.89. The van der Waals surface area contributed by atoms with Gasteiger partial charge in [0.15, 0.2) is 5.54 Å². The van der Waals surface area contributed by atoms with Crippen LogP contribution in [0.25, 0.3) is 0 Å². The van der Waals surface area contributed by atoms with Crippen LogP contribution in [0.1, 0.15) is 40.5 Å². The molecule has 0 spiro atoms. The van der Waals surface area contributed by atoms with Gasteiger partial charge >= 0.3 is 5.97 Å². The Bertz CT molecular complexity index is 497. The molecule has 7 nitrogen and oxygen atoms in total.